The summed E-state index contributed by atoms with van der Waals surface area (Å²) in [6.07, 6.45) is 10.8. The quantitative estimate of drug-likeness (QED) is 0.0936. The number of nitrogens with one attached hydrogen (secondary N) is 1. The van der Waals surface area contributed by atoms with Crippen LogP contribution < -0.4 is 5.32 Å². The molecule has 3 aromatic carbocycles. The Bertz CT molecular complexity index is 1480. The predicted octanol–water partition coefficient (Wildman–Crippen LogP) is 7.86. The Kier molecular flexibility index (Phi) is 14.0. The summed E-state index contributed by atoms with van der Waals surface area (Å²) in [6.45, 7) is 6.17. The van der Waals surface area contributed by atoms with Gasteiger partial charge in [-0.05, 0) is 59.6 Å². The van der Waals surface area contributed by atoms with Gasteiger partial charge >= 0.3 is 5.97 Å². The lowest BCUT2D eigenvalue weighted by molar-refractivity contribution is -0.253. The SMILES string of the molecule is C=CCN(C[C@H]1C[C@@H](c2ccc(CO)cc2)O[C@@H](c2ccc(-c3cccc(CNC(=O)CCCCCCC(=O)O)c3)cc2)O1)C1CCCC1. The van der Waals surface area contributed by atoms with Crippen molar-refractivity contribution in [2.75, 3.05) is 13.1 Å². The molecule has 3 N–H and O–H groups in total. The van der Waals surface area contributed by atoms with E-state index < -0.39 is 12.3 Å². The molecule has 1 saturated carbocycles. The van der Waals surface area contributed by atoms with Crippen LogP contribution in [0.15, 0.2) is 85.5 Å². The zero-order chi connectivity index (χ0) is 34.4. The second kappa shape index (κ2) is 18.8. The number of carboxylic acid groups (broad SMARTS) is 1. The van der Waals surface area contributed by atoms with Crippen molar-refractivity contribution < 1.29 is 29.3 Å². The van der Waals surface area contributed by atoms with Gasteiger partial charge in [0.15, 0.2) is 6.29 Å². The smallest absolute Gasteiger partial charge is 0.303 e. The average molecular weight is 669 g/mol. The number of aliphatic hydroxyl groups is 1. The van der Waals surface area contributed by atoms with Crippen LogP contribution in [-0.2, 0) is 32.2 Å². The fourth-order valence-corrected chi connectivity index (χ4v) is 7.00. The van der Waals surface area contributed by atoms with Crippen LogP contribution in [0.5, 0.6) is 0 Å². The van der Waals surface area contributed by atoms with E-state index >= 15 is 0 Å². The van der Waals surface area contributed by atoms with Gasteiger partial charge in [0, 0.05) is 50.5 Å². The number of carbonyl (C=O) groups excluding carboxylic acids is 1. The zero-order valence-corrected chi connectivity index (χ0v) is 28.6. The highest BCUT2D eigenvalue weighted by Crippen LogP contribution is 2.39. The highest BCUT2D eigenvalue weighted by Gasteiger charge is 2.34. The van der Waals surface area contributed by atoms with E-state index in [9.17, 15) is 14.7 Å². The van der Waals surface area contributed by atoms with Crippen LogP contribution in [0.1, 0.15) is 105 Å². The summed E-state index contributed by atoms with van der Waals surface area (Å²) in [4.78, 5) is 25.5. The minimum atomic E-state index is -0.770. The van der Waals surface area contributed by atoms with Crippen molar-refractivity contribution in [3.63, 3.8) is 0 Å². The molecule has 0 aromatic heterocycles. The van der Waals surface area contributed by atoms with Crippen LogP contribution in [0.4, 0.5) is 0 Å². The standard InChI is InChI=1S/C41H52N2O6/c1-2-24-43(36-12-7-8-13-36)28-37-26-38(33-18-16-30(29-44)17-19-33)49-41(48-37)34-22-20-32(21-23-34)35-11-9-10-31(25-35)27-42-39(45)14-5-3-4-6-15-40(46)47/h2,9-11,16-23,25,36-38,41,44H,1,3-8,12-15,24,26-29H2,(H,42,45)(H,46,47)/t37-,38+,41+/m1/s1. The molecule has 0 bridgehead atoms. The van der Waals surface area contributed by atoms with E-state index in [1.54, 1.807) is 0 Å². The molecule has 1 heterocycles. The van der Waals surface area contributed by atoms with Crippen molar-refractivity contribution in [2.45, 2.75) is 108 Å². The number of unbranched alkanes of at least 4 members (excludes halogenated alkanes) is 3. The topological polar surface area (TPSA) is 108 Å². The number of benzene rings is 3. The minimum absolute atomic E-state index is 0.00896. The molecule has 3 aromatic rings. The van der Waals surface area contributed by atoms with Crippen molar-refractivity contribution in [1.29, 1.82) is 0 Å². The predicted molar refractivity (Wildman–Crippen MR) is 192 cm³/mol. The lowest BCUT2D eigenvalue weighted by Crippen LogP contribution is -2.43. The van der Waals surface area contributed by atoms with E-state index in [0.717, 1.165) is 72.2 Å². The maximum Gasteiger partial charge on any atom is 0.303 e. The fraction of sp³-hybridized carbons (Fsp3) is 0.463. The summed E-state index contributed by atoms with van der Waals surface area (Å²) in [6, 6.07) is 25.2. The second-order valence-corrected chi connectivity index (χ2v) is 13.4. The highest BCUT2D eigenvalue weighted by molar-refractivity contribution is 5.76. The first-order chi connectivity index (χ1) is 23.9. The fourth-order valence-electron chi connectivity index (χ4n) is 7.00. The van der Waals surface area contributed by atoms with E-state index in [2.05, 4.69) is 65.3 Å². The molecule has 2 fully saturated rings. The molecule has 2 aliphatic rings. The summed E-state index contributed by atoms with van der Waals surface area (Å²) in [5.74, 6) is -0.758. The molecule has 0 radical (unpaired) electrons. The number of rotatable bonds is 18. The number of ether oxygens (including phenoxy) is 2. The molecule has 1 saturated heterocycles. The maximum atomic E-state index is 12.4. The van der Waals surface area contributed by atoms with Crippen LogP contribution in [0, 0.1) is 0 Å². The van der Waals surface area contributed by atoms with Gasteiger partial charge < -0.3 is 25.0 Å². The third-order valence-electron chi connectivity index (χ3n) is 9.74. The number of amides is 1. The van der Waals surface area contributed by atoms with E-state index in [1.807, 2.05) is 30.3 Å². The number of aliphatic carboxylic acids is 1. The van der Waals surface area contributed by atoms with Crippen LogP contribution >= 0.6 is 0 Å². The molecule has 49 heavy (non-hydrogen) atoms. The van der Waals surface area contributed by atoms with E-state index in [1.165, 1.54) is 25.7 Å². The average Bonchev–Trinajstić information content (AvgIpc) is 3.67. The first-order valence-electron chi connectivity index (χ1n) is 17.9. The van der Waals surface area contributed by atoms with Gasteiger partial charge in [-0.2, -0.15) is 0 Å². The van der Waals surface area contributed by atoms with Crippen molar-refractivity contribution in [1.82, 2.24) is 10.2 Å². The van der Waals surface area contributed by atoms with Crippen molar-refractivity contribution >= 4 is 11.9 Å². The zero-order valence-electron chi connectivity index (χ0n) is 28.6. The van der Waals surface area contributed by atoms with E-state index in [4.69, 9.17) is 14.6 Å². The largest absolute Gasteiger partial charge is 0.481 e. The number of aliphatic hydroxyl groups excluding tert-OH is 1. The Morgan fingerprint density at radius 1 is 0.857 bits per heavy atom. The third-order valence-corrected chi connectivity index (χ3v) is 9.74. The Hall–Kier alpha value is -3.82. The number of carbonyl (C=O) groups is 2. The van der Waals surface area contributed by atoms with E-state index in [0.29, 0.717) is 25.4 Å². The molecule has 1 aliphatic heterocycles. The van der Waals surface area contributed by atoms with Gasteiger partial charge in [-0.25, -0.2) is 0 Å². The normalized spacial score (nSPS) is 19.6. The van der Waals surface area contributed by atoms with Gasteiger partial charge in [0.1, 0.15) is 0 Å². The highest BCUT2D eigenvalue weighted by atomic mass is 16.7. The van der Waals surface area contributed by atoms with Crippen LogP contribution in [0.2, 0.25) is 0 Å². The van der Waals surface area contributed by atoms with Gasteiger partial charge in [-0.15, -0.1) is 6.58 Å². The molecule has 8 heteroatoms. The lowest BCUT2D eigenvalue weighted by Gasteiger charge is -2.39. The Labute approximate surface area is 291 Å². The summed E-state index contributed by atoms with van der Waals surface area (Å²) in [7, 11) is 0. The Balaban J connectivity index is 1.22. The lowest BCUT2D eigenvalue weighted by atomic mass is 9.98. The number of carboxylic acids is 1. The molecule has 3 atom stereocenters. The Morgan fingerprint density at radius 3 is 2.27 bits per heavy atom. The molecule has 0 spiro atoms. The molecule has 1 amide bonds. The van der Waals surface area contributed by atoms with Crippen LogP contribution in [0.3, 0.4) is 0 Å². The van der Waals surface area contributed by atoms with E-state index in [-0.39, 0.29) is 31.1 Å². The van der Waals surface area contributed by atoms with Crippen LogP contribution in [0.25, 0.3) is 11.1 Å². The first-order valence-corrected chi connectivity index (χ1v) is 17.9. The van der Waals surface area contributed by atoms with Crippen molar-refractivity contribution in [2.24, 2.45) is 0 Å². The number of hydrogen-bond acceptors (Lipinski definition) is 6. The van der Waals surface area contributed by atoms with Gasteiger partial charge in [0.05, 0.1) is 18.8 Å². The number of nitrogens with zero attached hydrogens (tertiary/aromatic N) is 1. The summed E-state index contributed by atoms with van der Waals surface area (Å²) < 4.78 is 13.3. The van der Waals surface area contributed by atoms with Crippen molar-refractivity contribution in [3.05, 3.63) is 108 Å². The van der Waals surface area contributed by atoms with Crippen LogP contribution in [-0.4, -0.2) is 52.2 Å². The summed E-state index contributed by atoms with van der Waals surface area (Å²) >= 11 is 0. The van der Waals surface area contributed by atoms with Gasteiger partial charge in [0.2, 0.25) is 5.91 Å². The molecular weight excluding hydrogens is 616 g/mol. The van der Waals surface area contributed by atoms with Gasteiger partial charge in [-0.3, -0.25) is 14.5 Å². The molecular formula is C41H52N2O6. The molecule has 5 rings (SSSR count). The molecule has 8 nitrogen and oxygen atoms in total. The molecule has 0 unspecified atom stereocenters. The van der Waals surface area contributed by atoms with Crippen molar-refractivity contribution in [3.8, 4) is 11.1 Å². The van der Waals surface area contributed by atoms with Gasteiger partial charge in [0.25, 0.3) is 0 Å². The second-order valence-electron chi connectivity index (χ2n) is 13.4. The number of hydrogen-bond donors (Lipinski definition) is 3. The molecule has 1 aliphatic carbocycles. The Morgan fingerprint density at radius 2 is 1.57 bits per heavy atom. The summed E-state index contributed by atoms with van der Waals surface area (Å²) in [5.41, 5.74) is 6.10. The molecule has 262 valence electrons. The minimum Gasteiger partial charge on any atom is -0.481 e. The summed E-state index contributed by atoms with van der Waals surface area (Å²) in [5, 5.41) is 21.3. The third kappa shape index (κ3) is 11.1. The first kappa shape index (κ1) is 36.5. The monoisotopic (exact) mass is 668 g/mol. The van der Waals surface area contributed by atoms with Gasteiger partial charge in [-0.1, -0.05) is 98.5 Å². The maximum absolute atomic E-state index is 12.4.